The van der Waals surface area contributed by atoms with Gasteiger partial charge in [0.25, 0.3) is 0 Å². The van der Waals surface area contributed by atoms with E-state index in [1.165, 1.54) is 11.1 Å². The molecule has 1 unspecified atom stereocenters. The molecule has 0 aliphatic carbocycles. The minimum atomic E-state index is 0. The van der Waals surface area contributed by atoms with E-state index in [2.05, 4.69) is 61.1 Å². The highest BCUT2D eigenvalue weighted by Crippen LogP contribution is 2.21. The van der Waals surface area contributed by atoms with Gasteiger partial charge in [0.15, 0.2) is 5.96 Å². The SMILES string of the molecule is CCN(CC)C(CN=C(N)Nc1cc(C)cc(C)c1)c1ccco1.I. The van der Waals surface area contributed by atoms with Crippen molar-refractivity contribution < 1.29 is 4.42 Å². The number of hydrogen-bond acceptors (Lipinski definition) is 3. The number of halogens is 1. The molecule has 0 saturated heterocycles. The Kier molecular flexibility index (Phi) is 8.99. The van der Waals surface area contributed by atoms with E-state index in [0.717, 1.165) is 24.5 Å². The normalized spacial score (nSPS) is 12.8. The molecule has 138 valence electrons. The van der Waals surface area contributed by atoms with Crippen LogP contribution in [0.5, 0.6) is 0 Å². The summed E-state index contributed by atoms with van der Waals surface area (Å²) in [5, 5.41) is 3.18. The van der Waals surface area contributed by atoms with E-state index in [-0.39, 0.29) is 30.0 Å². The Morgan fingerprint density at radius 2 is 1.84 bits per heavy atom. The number of anilines is 1. The number of aryl methyl sites for hydroxylation is 2. The highest BCUT2D eigenvalue weighted by molar-refractivity contribution is 14.0. The molecule has 0 fully saturated rings. The molecule has 0 bridgehead atoms. The van der Waals surface area contributed by atoms with Crippen molar-refractivity contribution in [3.05, 3.63) is 53.5 Å². The summed E-state index contributed by atoms with van der Waals surface area (Å²) in [6, 6.07) is 10.2. The summed E-state index contributed by atoms with van der Waals surface area (Å²) >= 11 is 0. The van der Waals surface area contributed by atoms with E-state index in [9.17, 15) is 0 Å². The van der Waals surface area contributed by atoms with Gasteiger partial charge in [0.2, 0.25) is 0 Å². The predicted octanol–water partition coefficient (Wildman–Crippen LogP) is 4.32. The number of aliphatic imine (C=N–C) groups is 1. The second kappa shape index (κ2) is 10.5. The lowest BCUT2D eigenvalue weighted by molar-refractivity contribution is 0.198. The van der Waals surface area contributed by atoms with Crippen LogP contribution in [0.4, 0.5) is 5.69 Å². The smallest absolute Gasteiger partial charge is 0.193 e. The topological polar surface area (TPSA) is 66.8 Å². The Balaban J connectivity index is 0.00000312. The van der Waals surface area contributed by atoms with Crippen LogP contribution in [-0.4, -0.2) is 30.5 Å². The quantitative estimate of drug-likeness (QED) is 0.370. The summed E-state index contributed by atoms with van der Waals surface area (Å²) in [7, 11) is 0. The minimum absolute atomic E-state index is 0. The van der Waals surface area contributed by atoms with Gasteiger partial charge in [-0.1, -0.05) is 19.9 Å². The van der Waals surface area contributed by atoms with Crippen molar-refractivity contribution in [1.29, 1.82) is 0 Å². The lowest BCUT2D eigenvalue weighted by Crippen LogP contribution is -2.31. The molecule has 0 aliphatic rings. The van der Waals surface area contributed by atoms with Crippen LogP contribution >= 0.6 is 24.0 Å². The van der Waals surface area contributed by atoms with Gasteiger partial charge in [-0.15, -0.1) is 24.0 Å². The summed E-state index contributed by atoms with van der Waals surface area (Å²) in [5.41, 5.74) is 9.44. The van der Waals surface area contributed by atoms with E-state index < -0.39 is 0 Å². The third-order valence-corrected chi connectivity index (χ3v) is 4.05. The van der Waals surface area contributed by atoms with E-state index >= 15 is 0 Å². The molecule has 3 N–H and O–H groups in total. The summed E-state index contributed by atoms with van der Waals surface area (Å²) in [6.07, 6.45) is 1.70. The van der Waals surface area contributed by atoms with Gasteiger partial charge in [0.1, 0.15) is 5.76 Å². The first kappa shape index (κ1) is 21.5. The highest BCUT2D eigenvalue weighted by atomic mass is 127. The molecule has 5 nitrogen and oxygen atoms in total. The average Bonchev–Trinajstić information content (AvgIpc) is 3.04. The van der Waals surface area contributed by atoms with Gasteiger partial charge in [-0.25, -0.2) is 0 Å². The molecular weight excluding hydrogens is 427 g/mol. The Morgan fingerprint density at radius 1 is 1.20 bits per heavy atom. The maximum Gasteiger partial charge on any atom is 0.193 e. The zero-order valence-corrected chi connectivity index (χ0v) is 17.8. The largest absolute Gasteiger partial charge is 0.468 e. The van der Waals surface area contributed by atoms with Crippen molar-refractivity contribution in [1.82, 2.24) is 4.90 Å². The average molecular weight is 456 g/mol. The van der Waals surface area contributed by atoms with Crippen molar-refractivity contribution in [3.8, 4) is 0 Å². The number of guanidine groups is 1. The van der Waals surface area contributed by atoms with Crippen molar-refractivity contribution >= 4 is 35.6 Å². The van der Waals surface area contributed by atoms with Crippen LogP contribution in [0, 0.1) is 13.8 Å². The van der Waals surface area contributed by atoms with Crippen molar-refractivity contribution in [2.45, 2.75) is 33.7 Å². The standard InChI is InChI=1S/C19H28N4O.HI/c1-5-23(6-2)17(18-8-7-9-24-18)13-21-19(20)22-16-11-14(3)10-15(4)12-16;/h7-12,17H,5-6,13H2,1-4H3,(H3,20,21,22);1H. The van der Waals surface area contributed by atoms with E-state index in [0.29, 0.717) is 12.5 Å². The van der Waals surface area contributed by atoms with Crippen LogP contribution in [0.1, 0.15) is 36.8 Å². The van der Waals surface area contributed by atoms with Gasteiger partial charge in [0.05, 0.1) is 18.8 Å². The molecule has 1 aromatic heterocycles. The van der Waals surface area contributed by atoms with Crippen LogP contribution in [0.3, 0.4) is 0 Å². The van der Waals surface area contributed by atoms with Crippen LogP contribution < -0.4 is 11.1 Å². The first-order chi connectivity index (χ1) is 11.5. The zero-order chi connectivity index (χ0) is 17.5. The molecule has 0 amide bonds. The lowest BCUT2D eigenvalue weighted by atomic mass is 10.1. The molecule has 1 heterocycles. The molecule has 2 rings (SSSR count). The molecule has 1 aromatic carbocycles. The van der Waals surface area contributed by atoms with Crippen molar-refractivity contribution in [2.75, 3.05) is 25.0 Å². The fourth-order valence-electron chi connectivity index (χ4n) is 2.95. The molecule has 0 spiro atoms. The number of benzene rings is 1. The van der Waals surface area contributed by atoms with E-state index in [4.69, 9.17) is 10.2 Å². The third-order valence-electron chi connectivity index (χ3n) is 4.05. The van der Waals surface area contributed by atoms with Crippen LogP contribution in [0.25, 0.3) is 0 Å². The number of nitrogens with two attached hydrogens (primary N) is 1. The number of likely N-dealkylation sites (N-methyl/N-ethyl adjacent to an activating group) is 1. The van der Waals surface area contributed by atoms with Crippen LogP contribution in [0.15, 0.2) is 46.0 Å². The molecule has 0 aliphatic heterocycles. The second-order valence-electron chi connectivity index (χ2n) is 5.98. The van der Waals surface area contributed by atoms with Crippen LogP contribution in [0.2, 0.25) is 0 Å². The Morgan fingerprint density at radius 3 is 2.36 bits per heavy atom. The second-order valence-corrected chi connectivity index (χ2v) is 5.98. The Bertz CT molecular complexity index is 646. The predicted molar refractivity (Wildman–Crippen MR) is 116 cm³/mol. The number of nitrogens with one attached hydrogen (secondary N) is 1. The molecule has 0 saturated carbocycles. The van der Waals surface area contributed by atoms with Crippen LogP contribution in [-0.2, 0) is 0 Å². The number of nitrogens with zero attached hydrogens (tertiary/aromatic N) is 2. The minimum Gasteiger partial charge on any atom is -0.468 e. The Labute approximate surface area is 167 Å². The summed E-state index contributed by atoms with van der Waals surface area (Å²) in [4.78, 5) is 6.85. The number of furan rings is 1. The third kappa shape index (κ3) is 6.36. The van der Waals surface area contributed by atoms with Gasteiger partial charge < -0.3 is 15.5 Å². The molecule has 0 radical (unpaired) electrons. The monoisotopic (exact) mass is 456 g/mol. The first-order valence-corrected chi connectivity index (χ1v) is 8.46. The summed E-state index contributed by atoms with van der Waals surface area (Å²) in [5.74, 6) is 1.34. The maximum absolute atomic E-state index is 6.08. The molecule has 2 aromatic rings. The van der Waals surface area contributed by atoms with Gasteiger partial charge >= 0.3 is 0 Å². The fourth-order valence-corrected chi connectivity index (χ4v) is 2.95. The first-order valence-electron chi connectivity index (χ1n) is 8.46. The highest BCUT2D eigenvalue weighted by Gasteiger charge is 2.20. The van der Waals surface area contributed by atoms with Gasteiger partial charge in [-0.2, -0.15) is 0 Å². The molecule has 6 heteroatoms. The Hall–Kier alpha value is -1.54. The molecular formula is C19H29IN4O. The fraction of sp³-hybridized carbons (Fsp3) is 0.421. The van der Waals surface area contributed by atoms with Gasteiger partial charge in [-0.3, -0.25) is 9.89 Å². The summed E-state index contributed by atoms with van der Waals surface area (Å²) < 4.78 is 5.59. The van der Waals surface area contributed by atoms with Gasteiger partial charge in [-0.05, 0) is 62.3 Å². The maximum atomic E-state index is 6.08. The van der Waals surface area contributed by atoms with Crippen molar-refractivity contribution in [3.63, 3.8) is 0 Å². The van der Waals surface area contributed by atoms with E-state index in [1.54, 1.807) is 6.26 Å². The number of rotatable bonds is 7. The van der Waals surface area contributed by atoms with Crippen molar-refractivity contribution in [2.24, 2.45) is 10.7 Å². The molecule has 1 atom stereocenters. The van der Waals surface area contributed by atoms with Gasteiger partial charge in [0, 0.05) is 5.69 Å². The van der Waals surface area contributed by atoms with E-state index in [1.807, 2.05) is 12.1 Å². The lowest BCUT2D eigenvalue weighted by Gasteiger charge is -2.26. The zero-order valence-electron chi connectivity index (χ0n) is 15.5. The summed E-state index contributed by atoms with van der Waals surface area (Å²) in [6.45, 7) is 10.8. The molecule has 25 heavy (non-hydrogen) atoms. The number of hydrogen-bond donors (Lipinski definition) is 2.